The number of thiophene rings is 1. The second kappa shape index (κ2) is 8.39. The lowest BCUT2D eigenvalue weighted by molar-refractivity contribution is -0.384. The number of carbonyl (C=O) groups excluding carboxylic acids is 3. The van der Waals surface area contributed by atoms with Crippen LogP contribution in [0.4, 0.5) is 15.5 Å². The van der Waals surface area contributed by atoms with E-state index in [1.165, 1.54) is 35.6 Å². The predicted octanol–water partition coefficient (Wildman–Crippen LogP) is 3.53. The number of anilines is 1. The van der Waals surface area contributed by atoms with E-state index in [1.54, 1.807) is 0 Å². The van der Waals surface area contributed by atoms with E-state index in [4.69, 9.17) is 0 Å². The molecule has 2 N–H and O–H groups in total. The van der Waals surface area contributed by atoms with Gasteiger partial charge in [-0.05, 0) is 36.8 Å². The lowest BCUT2D eigenvalue weighted by Crippen LogP contribution is -2.31. The quantitative estimate of drug-likeness (QED) is 0.579. The number of imide groups is 1. The second-order valence-corrected chi connectivity index (χ2v) is 7.87. The minimum Gasteiger partial charge on any atom is -0.453 e. The monoisotopic (exact) mass is 417 g/mol. The van der Waals surface area contributed by atoms with Crippen LogP contribution >= 0.6 is 11.3 Å². The van der Waals surface area contributed by atoms with Gasteiger partial charge in [-0.25, -0.2) is 4.79 Å². The summed E-state index contributed by atoms with van der Waals surface area (Å²) in [4.78, 5) is 48.2. The lowest BCUT2D eigenvalue weighted by atomic mass is 9.88. The third-order valence-corrected chi connectivity index (χ3v) is 5.86. The molecule has 1 aromatic carbocycles. The number of methoxy groups -OCH3 is 1. The van der Waals surface area contributed by atoms with Gasteiger partial charge in [0.15, 0.2) is 0 Å². The number of nitro benzene ring substituents is 1. The van der Waals surface area contributed by atoms with Gasteiger partial charge in [0.05, 0.1) is 17.6 Å². The van der Waals surface area contributed by atoms with Crippen molar-refractivity contribution in [1.82, 2.24) is 5.32 Å². The van der Waals surface area contributed by atoms with Gasteiger partial charge in [0.2, 0.25) is 0 Å². The highest BCUT2D eigenvalue weighted by molar-refractivity contribution is 7.17. The van der Waals surface area contributed by atoms with E-state index in [0.717, 1.165) is 30.4 Å². The van der Waals surface area contributed by atoms with Crippen molar-refractivity contribution in [2.45, 2.75) is 26.2 Å². The van der Waals surface area contributed by atoms with Gasteiger partial charge in [0, 0.05) is 22.6 Å². The van der Waals surface area contributed by atoms with Gasteiger partial charge < -0.3 is 10.1 Å². The Morgan fingerprint density at radius 1 is 1.28 bits per heavy atom. The highest BCUT2D eigenvalue weighted by Crippen LogP contribution is 2.40. The summed E-state index contributed by atoms with van der Waals surface area (Å²) in [6.45, 7) is 2.11. The number of alkyl carbamates (subject to hydrolysis) is 1. The number of ether oxygens (including phenoxy) is 1. The normalized spacial score (nSPS) is 15.2. The molecule has 152 valence electrons. The fraction of sp³-hybridized carbons (Fsp3) is 0.316. The maximum absolute atomic E-state index is 12.7. The molecule has 3 amide bonds. The van der Waals surface area contributed by atoms with E-state index in [-0.39, 0.29) is 16.8 Å². The molecular weight excluding hydrogens is 398 g/mol. The van der Waals surface area contributed by atoms with Crippen LogP contribution in [0.2, 0.25) is 0 Å². The van der Waals surface area contributed by atoms with Crippen molar-refractivity contribution >= 4 is 39.9 Å². The van der Waals surface area contributed by atoms with Gasteiger partial charge in [-0.2, -0.15) is 0 Å². The smallest absolute Gasteiger partial charge is 0.413 e. The zero-order chi connectivity index (χ0) is 21.1. The van der Waals surface area contributed by atoms with Crippen LogP contribution in [0, 0.1) is 16.0 Å². The van der Waals surface area contributed by atoms with Crippen LogP contribution in [-0.2, 0) is 17.6 Å². The number of amides is 3. The fourth-order valence-corrected chi connectivity index (χ4v) is 4.62. The SMILES string of the molecule is COC(=O)NC(=O)c1c(NC(=O)c2cccc([N+](=O)[O-])c2)sc2c1CC[C@H](C)C2. The Kier molecular flexibility index (Phi) is 5.92. The summed E-state index contributed by atoms with van der Waals surface area (Å²) < 4.78 is 4.49. The number of benzene rings is 1. The molecule has 0 saturated heterocycles. The van der Waals surface area contributed by atoms with Crippen LogP contribution in [0.15, 0.2) is 24.3 Å². The summed E-state index contributed by atoms with van der Waals surface area (Å²) in [6.07, 6.45) is 1.42. The van der Waals surface area contributed by atoms with Crippen LogP contribution in [0.25, 0.3) is 0 Å². The summed E-state index contributed by atoms with van der Waals surface area (Å²) in [7, 11) is 1.15. The molecule has 0 unspecified atom stereocenters. The zero-order valence-electron chi connectivity index (χ0n) is 15.8. The van der Waals surface area contributed by atoms with Crippen molar-refractivity contribution < 1.29 is 24.0 Å². The van der Waals surface area contributed by atoms with Crippen molar-refractivity contribution in [1.29, 1.82) is 0 Å². The highest BCUT2D eigenvalue weighted by atomic mass is 32.1. The van der Waals surface area contributed by atoms with Crippen LogP contribution in [-0.4, -0.2) is 29.9 Å². The van der Waals surface area contributed by atoms with E-state index in [0.29, 0.717) is 17.3 Å². The topological polar surface area (TPSA) is 128 Å². The Morgan fingerprint density at radius 3 is 2.72 bits per heavy atom. The van der Waals surface area contributed by atoms with Gasteiger partial charge in [-0.3, -0.25) is 25.0 Å². The molecule has 1 heterocycles. The van der Waals surface area contributed by atoms with Gasteiger partial charge in [0.1, 0.15) is 5.00 Å². The highest BCUT2D eigenvalue weighted by Gasteiger charge is 2.29. The van der Waals surface area contributed by atoms with Crippen LogP contribution in [0.1, 0.15) is 44.5 Å². The molecule has 10 heteroatoms. The molecule has 1 aliphatic carbocycles. The molecule has 1 aromatic heterocycles. The molecule has 0 aliphatic heterocycles. The number of fused-ring (bicyclic) bond motifs is 1. The molecule has 9 nitrogen and oxygen atoms in total. The van der Waals surface area contributed by atoms with Crippen molar-refractivity contribution in [3.63, 3.8) is 0 Å². The number of rotatable bonds is 4. The number of carbonyl (C=O) groups is 3. The van der Waals surface area contributed by atoms with Crippen molar-refractivity contribution in [2.75, 3.05) is 12.4 Å². The van der Waals surface area contributed by atoms with Crippen LogP contribution < -0.4 is 10.6 Å². The van der Waals surface area contributed by atoms with E-state index in [2.05, 4.69) is 22.3 Å². The molecule has 0 saturated carbocycles. The minimum atomic E-state index is -0.893. The van der Waals surface area contributed by atoms with Gasteiger partial charge in [0.25, 0.3) is 17.5 Å². The molecule has 0 fully saturated rings. The first kappa shape index (κ1) is 20.5. The van der Waals surface area contributed by atoms with Crippen LogP contribution in [0.5, 0.6) is 0 Å². The van der Waals surface area contributed by atoms with E-state index < -0.39 is 22.8 Å². The first-order valence-corrected chi connectivity index (χ1v) is 9.71. The Hall–Kier alpha value is -3.27. The molecule has 0 bridgehead atoms. The van der Waals surface area contributed by atoms with Crippen molar-refractivity contribution in [3.05, 3.63) is 55.9 Å². The molecule has 3 rings (SSSR count). The average molecular weight is 417 g/mol. The summed E-state index contributed by atoms with van der Waals surface area (Å²) in [6, 6.07) is 5.32. The molecule has 0 radical (unpaired) electrons. The zero-order valence-corrected chi connectivity index (χ0v) is 16.6. The maximum Gasteiger partial charge on any atom is 0.413 e. The third kappa shape index (κ3) is 4.43. The van der Waals surface area contributed by atoms with Gasteiger partial charge in [-0.1, -0.05) is 13.0 Å². The van der Waals surface area contributed by atoms with Crippen molar-refractivity contribution in [2.24, 2.45) is 5.92 Å². The Balaban J connectivity index is 1.94. The summed E-state index contributed by atoms with van der Waals surface area (Å²) in [5, 5.41) is 16.1. The molecule has 1 aliphatic rings. The number of nitro groups is 1. The van der Waals surface area contributed by atoms with Gasteiger partial charge >= 0.3 is 6.09 Å². The number of nitrogens with one attached hydrogen (secondary N) is 2. The predicted molar refractivity (Wildman–Crippen MR) is 106 cm³/mol. The minimum absolute atomic E-state index is 0.0956. The maximum atomic E-state index is 12.7. The largest absolute Gasteiger partial charge is 0.453 e. The fourth-order valence-electron chi connectivity index (χ4n) is 3.22. The molecule has 1 atom stereocenters. The van der Waals surface area contributed by atoms with Crippen molar-refractivity contribution in [3.8, 4) is 0 Å². The third-order valence-electron chi connectivity index (χ3n) is 4.69. The summed E-state index contributed by atoms with van der Waals surface area (Å²) in [5.41, 5.74) is 0.934. The van der Waals surface area contributed by atoms with Gasteiger partial charge in [-0.15, -0.1) is 11.3 Å². The molecule has 2 aromatic rings. The second-order valence-electron chi connectivity index (χ2n) is 6.76. The summed E-state index contributed by atoms with van der Waals surface area (Å²) in [5.74, 6) is -0.788. The van der Waals surface area contributed by atoms with Crippen LogP contribution in [0.3, 0.4) is 0 Å². The lowest BCUT2D eigenvalue weighted by Gasteiger charge is -2.18. The Morgan fingerprint density at radius 2 is 2.03 bits per heavy atom. The average Bonchev–Trinajstić information content (AvgIpc) is 3.04. The van der Waals surface area contributed by atoms with E-state index >= 15 is 0 Å². The first-order valence-electron chi connectivity index (χ1n) is 8.89. The van der Waals surface area contributed by atoms with E-state index in [9.17, 15) is 24.5 Å². The molecular formula is C19H19N3O6S. The Labute approximate surface area is 170 Å². The number of nitrogens with zero attached hydrogens (tertiary/aromatic N) is 1. The number of hydrogen-bond acceptors (Lipinski definition) is 7. The number of hydrogen-bond donors (Lipinski definition) is 2. The standard InChI is InChI=1S/C19H19N3O6S/c1-10-6-7-13-14(8-10)29-18(15(13)17(24)21-19(25)28-2)20-16(23)11-4-3-5-12(9-11)22(26)27/h3-5,9-10H,6-8H2,1-2H3,(H,20,23)(H,21,24,25)/t10-/m0/s1. The number of non-ortho nitro benzene ring substituents is 1. The summed E-state index contributed by atoms with van der Waals surface area (Å²) >= 11 is 1.28. The Bertz CT molecular complexity index is 1000. The first-order chi connectivity index (χ1) is 13.8. The molecule has 29 heavy (non-hydrogen) atoms. The van der Waals surface area contributed by atoms with E-state index in [1.807, 2.05) is 0 Å². The molecule has 0 spiro atoms.